The van der Waals surface area contributed by atoms with Crippen LogP contribution in [0.25, 0.3) is 0 Å². The van der Waals surface area contributed by atoms with Gasteiger partial charge in [0.2, 0.25) is 0 Å². The van der Waals surface area contributed by atoms with Gasteiger partial charge in [-0.2, -0.15) is 0 Å². The number of hydrogen-bond acceptors (Lipinski definition) is 2. The van der Waals surface area contributed by atoms with Crippen molar-refractivity contribution in [2.45, 2.75) is 57.4 Å². The molecule has 2 rings (SSSR count). The standard InChI is InChI=1S/C16H25NO/c1-11(2)13-6-9-15(16(10-13)18-3)12-4-7-14(17)8-5-12/h6,9-12,14H,4-5,7-8,17H2,1-3H3. The first-order valence-corrected chi connectivity index (χ1v) is 7.05. The van der Waals surface area contributed by atoms with E-state index in [0.717, 1.165) is 18.6 Å². The molecule has 2 N–H and O–H groups in total. The maximum absolute atomic E-state index is 5.98. The molecule has 0 atom stereocenters. The van der Waals surface area contributed by atoms with Crippen molar-refractivity contribution in [2.75, 3.05) is 7.11 Å². The molecular weight excluding hydrogens is 222 g/mol. The molecule has 1 fully saturated rings. The van der Waals surface area contributed by atoms with E-state index in [2.05, 4.69) is 32.0 Å². The minimum absolute atomic E-state index is 0.405. The quantitative estimate of drug-likeness (QED) is 0.881. The Balaban J connectivity index is 2.22. The van der Waals surface area contributed by atoms with E-state index in [1.165, 1.54) is 24.0 Å². The summed E-state index contributed by atoms with van der Waals surface area (Å²) in [6.45, 7) is 4.43. The molecule has 0 unspecified atom stereocenters. The third-order valence-electron chi connectivity index (χ3n) is 4.14. The molecule has 100 valence electrons. The number of nitrogens with two attached hydrogens (primary N) is 1. The molecular formula is C16H25NO. The van der Waals surface area contributed by atoms with Crippen LogP contribution in [0.2, 0.25) is 0 Å². The van der Waals surface area contributed by atoms with Gasteiger partial charge >= 0.3 is 0 Å². The Morgan fingerprint density at radius 1 is 1.17 bits per heavy atom. The van der Waals surface area contributed by atoms with E-state index in [1.807, 2.05) is 0 Å². The van der Waals surface area contributed by atoms with Crippen molar-refractivity contribution in [3.8, 4) is 5.75 Å². The predicted molar refractivity (Wildman–Crippen MR) is 76.3 cm³/mol. The highest BCUT2D eigenvalue weighted by molar-refractivity contribution is 5.41. The summed E-state index contributed by atoms with van der Waals surface area (Å²) in [6, 6.07) is 7.11. The maximum Gasteiger partial charge on any atom is 0.122 e. The average Bonchev–Trinajstić information content (AvgIpc) is 2.39. The molecule has 0 spiro atoms. The van der Waals surface area contributed by atoms with Gasteiger partial charge in [0.15, 0.2) is 0 Å². The number of methoxy groups -OCH3 is 1. The van der Waals surface area contributed by atoms with Crippen LogP contribution in [0.3, 0.4) is 0 Å². The van der Waals surface area contributed by atoms with Crippen LogP contribution in [-0.2, 0) is 0 Å². The van der Waals surface area contributed by atoms with Gasteiger partial charge in [-0.1, -0.05) is 26.0 Å². The molecule has 1 aromatic carbocycles. The fourth-order valence-electron chi connectivity index (χ4n) is 2.85. The average molecular weight is 247 g/mol. The molecule has 1 aromatic rings. The second-order valence-electron chi connectivity index (χ2n) is 5.77. The Hall–Kier alpha value is -1.02. The van der Waals surface area contributed by atoms with Crippen LogP contribution in [0.4, 0.5) is 0 Å². The predicted octanol–water partition coefficient (Wildman–Crippen LogP) is 3.80. The Bertz CT molecular complexity index is 392. The highest BCUT2D eigenvalue weighted by atomic mass is 16.5. The van der Waals surface area contributed by atoms with Crippen molar-refractivity contribution in [3.05, 3.63) is 29.3 Å². The Morgan fingerprint density at radius 3 is 2.39 bits per heavy atom. The highest BCUT2D eigenvalue weighted by Gasteiger charge is 2.22. The van der Waals surface area contributed by atoms with Crippen molar-refractivity contribution in [1.29, 1.82) is 0 Å². The zero-order valence-electron chi connectivity index (χ0n) is 11.8. The lowest BCUT2D eigenvalue weighted by molar-refractivity contribution is 0.369. The van der Waals surface area contributed by atoms with E-state index in [1.54, 1.807) is 7.11 Å². The fourth-order valence-corrected chi connectivity index (χ4v) is 2.85. The van der Waals surface area contributed by atoms with Gasteiger partial charge in [0.1, 0.15) is 5.75 Å². The minimum Gasteiger partial charge on any atom is -0.496 e. The lowest BCUT2D eigenvalue weighted by Gasteiger charge is -2.27. The topological polar surface area (TPSA) is 35.2 Å². The summed E-state index contributed by atoms with van der Waals surface area (Å²) in [6.07, 6.45) is 4.66. The molecule has 2 nitrogen and oxygen atoms in total. The molecule has 0 aromatic heterocycles. The zero-order valence-corrected chi connectivity index (χ0v) is 11.8. The fraction of sp³-hybridized carbons (Fsp3) is 0.625. The van der Waals surface area contributed by atoms with Crippen molar-refractivity contribution in [2.24, 2.45) is 5.73 Å². The van der Waals surface area contributed by atoms with Crippen LogP contribution in [0.1, 0.15) is 62.5 Å². The zero-order chi connectivity index (χ0) is 13.1. The molecule has 0 aliphatic heterocycles. The summed E-state index contributed by atoms with van der Waals surface area (Å²) >= 11 is 0. The van der Waals surface area contributed by atoms with Gasteiger partial charge in [0.05, 0.1) is 7.11 Å². The lowest BCUT2D eigenvalue weighted by Crippen LogP contribution is -2.25. The van der Waals surface area contributed by atoms with E-state index >= 15 is 0 Å². The third kappa shape index (κ3) is 2.86. The Kier molecular flexibility index (Phi) is 4.28. The van der Waals surface area contributed by atoms with Gasteiger partial charge in [0.25, 0.3) is 0 Å². The number of hydrogen-bond donors (Lipinski definition) is 1. The van der Waals surface area contributed by atoms with E-state index < -0.39 is 0 Å². The van der Waals surface area contributed by atoms with Gasteiger partial charge in [-0.25, -0.2) is 0 Å². The van der Waals surface area contributed by atoms with Crippen molar-refractivity contribution in [3.63, 3.8) is 0 Å². The lowest BCUT2D eigenvalue weighted by atomic mass is 9.81. The van der Waals surface area contributed by atoms with Crippen LogP contribution in [-0.4, -0.2) is 13.2 Å². The van der Waals surface area contributed by atoms with Gasteiger partial charge < -0.3 is 10.5 Å². The van der Waals surface area contributed by atoms with Crippen LogP contribution in [0, 0.1) is 0 Å². The maximum atomic E-state index is 5.98. The molecule has 0 heterocycles. The second kappa shape index (κ2) is 5.75. The molecule has 1 aliphatic rings. The van der Waals surface area contributed by atoms with E-state index in [9.17, 15) is 0 Å². The van der Waals surface area contributed by atoms with Crippen molar-refractivity contribution < 1.29 is 4.74 Å². The smallest absolute Gasteiger partial charge is 0.122 e. The largest absolute Gasteiger partial charge is 0.496 e. The van der Waals surface area contributed by atoms with E-state index in [4.69, 9.17) is 10.5 Å². The van der Waals surface area contributed by atoms with Crippen LogP contribution < -0.4 is 10.5 Å². The summed E-state index contributed by atoms with van der Waals surface area (Å²) in [5.74, 6) is 2.23. The molecule has 1 aliphatic carbocycles. The molecule has 2 heteroatoms. The van der Waals surface area contributed by atoms with Gasteiger partial charge in [-0.05, 0) is 54.7 Å². The third-order valence-corrected chi connectivity index (χ3v) is 4.14. The Labute approximate surface area is 111 Å². The van der Waals surface area contributed by atoms with Crippen molar-refractivity contribution >= 4 is 0 Å². The van der Waals surface area contributed by atoms with Crippen molar-refractivity contribution in [1.82, 2.24) is 0 Å². The summed E-state index contributed by atoms with van der Waals surface area (Å²) < 4.78 is 5.58. The van der Waals surface area contributed by atoms with Crippen LogP contribution in [0.15, 0.2) is 18.2 Å². The van der Waals surface area contributed by atoms with Crippen LogP contribution in [0.5, 0.6) is 5.75 Å². The SMILES string of the molecule is COc1cc(C(C)C)ccc1C1CCC(N)CC1. The summed E-state index contributed by atoms with van der Waals surface area (Å²) in [7, 11) is 1.78. The second-order valence-corrected chi connectivity index (χ2v) is 5.77. The van der Waals surface area contributed by atoms with E-state index in [-0.39, 0.29) is 0 Å². The minimum atomic E-state index is 0.405. The summed E-state index contributed by atoms with van der Waals surface area (Å²) in [5, 5.41) is 0. The first-order chi connectivity index (χ1) is 8.61. The number of ether oxygens (including phenoxy) is 1. The number of rotatable bonds is 3. The van der Waals surface area contributed by atoms with E-state index in [0.29, 0.717) is 17.9 Å². The highest BCUT2D eigenvalue weighted by Crippen LogP contribution is 2.38. The molecule has 0 radical (unpaired) electrons. The summed E-state index contributed by atoms with van der Waals surface area (Å²) in [4.78, 5) is 0. The monoisotopic (exact) mass is 247 g/mol. The van der Waals surface area contributed by atoms with Gasteiger partial charge in [-0.15, -0.1) is 0 Å². The Morgan fingerprint density at radius 2 is 1.83 bits per heavy atom. The molecule has 1 saturated carbocycles. The first kappa shape index (κ1) is 13.4. The molecule has 0 saturated heterocycles. The van der Waals surface area contributed by atoms with Gasteiger partial charge in [0, 0.05) is 6.04 Å². The molecule has 0 bridgehead atoms. The van der Waals surface area contributed by atoms with Gasteiger partial charge in [-0.3, -0.25) is 0 Å². The summed E-state index contributed by atoms with van der Waals surface area (Å²) in [5.41, 5.74) is 8.70. The van der Waals surface area contributed by atoms with Crippen LogP contribution >= 0.6 is 0 Å². The molecule has 0 amide bonds. The molecule has 18 heavy (non-hydrogen) atoms. The first-order valence-electron chi connectivity index (χ1n) is 7.05. The normalized spacial score (nSPS) is 24.3. The number of benzene rings is 1.